The van der Waals surface area contributed by atoms with Gasteiger partial charge in [-0.3, -0.25) is 9.59 Å². The minimum absolute atomic E-state index is 0.154. The molecule has 0 saturated heterocycles. The lowest BCUT2D eigenvalue weighted by Gasteiger charge is -2.06. The molecule has 2 aromatic rings. The third-order valence-electron chi connectivity index (χ3n) is 2.99. The molecule has 3 nitrogen and oxygen atoms in total. The highest BCUT2D eigenvalue weighted by molar-refractivity contribution is 6.30. The van der Waals surface area contributed by atoms with E-state index in [9.17, 15) is 14.0 Å². The predicted molar refractivity (Wildman–Crippen MR) is 78.4 cm³/mol. The Hall–Kier alpha value is -2.20. The Balaban J connectivity index is 2.17. The number of Topliss-reactive ketones (excluding diaryl/α,β-unsaturated/α-hetero) is 1. The van der Waals surface area contributed by atoms with Crippen molar-refractivity contribution in [3.63, 3.8) is 0 Å². The highest BCUT2D eigenvalue weighted by Crippen LogP contribution is 2.22. The number of carbonyl (C=O) groups excluding carboxylic acids is 1. The number of ketones is 1. The Morgan fingerprint density at radius 3 is 1.95 bits per heavy atom. The number of carboxylic acid groups (broad SMARTS) is 1. The molecule has 0 amide bonds. The second-order valence-corrected chi connectivity index (χ2v) is 4.95. The fraction of sp³-hybridized carbons (Fsp3) is 0.125. The number of halogens is 2. The molecule has 0 radical (unpaired) electrons. The number of carbonyl (C=O) groups is 2. The molecule has 1 atom stereocenters. The average Bonchev–Trinajstić information content (AvgIpc) is 2.47. The standard InChI is InChI=1S/C16H12ClFO3/c17-13-7-5-11(6-8-13)10-1-3-12(4-2-10)16(21)14(18)9-15(19)20/h1-8,14H,9H2,(H,19,20). The normalized spacial score (nSPS) is 11.9. The second-order valence-electron chi connectivity index (χ2n) is 4.51. The molecule has 2 aromatic carbocycles. The summed E-state index contributed by atoms with van der Waals surface area (Å²) in [6.07, 6.45) is -2.85. The van der Waals surface area contributed by atoms with Crippen molar-refractivity contribution in [1.82, 2.24) is 0 Å². The Morgan fingerprint density at radius 2 is 1.48 bits per heavy atom. The molecular formula is C16H12ClFO3. The Morgan fingerprint density at radius 1 is 1.00 bits per heavy atom. The zero-order valence-corrected chi connectivity index (χ0v) is 11.7. The Labute approximate surface area is 126 Å². The minimum Gasteiger partial charge on any atom is -0.481 e. The topological polar surface area (TPSA) is 54.4 Å². The molecule has 1 unspecified atom stereocenters. The summed E-state index contributed by atoms with van der Waals surface area (Å²) in [7, 11) is 0. The summed E-state index contributed by atoms with van der Waals surface area (Å²) < 4.78 is 13.5. The lowest BCUT2D eigenvalue weighted by molar-refractivity contribution is -0.137. The van der Waals surface area contributed by atoms with Crippen LogP contribution in [0, 0.1) is 0 Å². The summed E-state index contributed by atoms with van der Waals surface area (Å²) in [6, 6.07) is 13.5. The maximum atomic E-state index is 13.5. The van der Waals surface area contributed by atoms with Crippen LogP contribution in [-0.4, -0.2) is 23.0 Å². The van der Waals surface area contributed by atoms with Gasteiger partial charge in [-0.05, 0) is 23.3 Å². The van der Waals surface area contributed by atoms with Gasteiger partial charge in [0.05, 0.1) is 6.42 Å². The number of hydrogen-bond donors (Lipinski definition) is 1. The first kappa shape index (κ1) is 15.2. The van der Waals surface area contributed by atoms with Crippen molar-refractivity contribution in [2.24, 2.45) is 0 Å². The lowest BCUT2D eigenvalue weighted by atomic mass is 10.0. The number of rotatable bonds is 5. The van der Waals surface area contributed by atoms with Crippen LogP contribution >= 0.6 is 11.6 Å². The van der Waals surface area contributed by atoms with Crippen LogP contribution in [0.5, 0.6) is 0 Å². The number of aliphatic carboxylic acids is 1. The largest absolute Gasteiger partial charge is 0.481 e. The van der Waals surface area contributed by atoms with E-state index in [4.69, 9.17) is 16.7 Å². The molecule has 0 bridgehead atoms. The van der Waals surface area contributed by atoms with E-state index in [1.54, 1.807) is 24.3 Å². The van der Waals surface area contributed by atoms with Crippen LogP contribution in [0.2, 0.25) is 5.02 Å². The first-order valence-electron chi connectivity index (χ1n) is 6.23. The molecule has 0 aliphatic rings. The minimum atomic E-state index is -2.02. The van der Waals surface area contributed by atoms with Crippen LogP contribution in [0.25, 0.3) is 11.1 Å². The van der Waals surface area contributed by atoms with Gasteiger partial charge in [-0.1, -0.05) is 48.0 Å². The quantitative estimate of drug-likeness (QED) is 0.849. The van der Waals surface area contributed by atoms with Crippen LogP contribution in [-0.2, 0) is 4.79 Å². The monoisotopic (exact) mass is 306 g/mol. The van der Waals surface area contributed by atoms with Crippen LogP contribution in [0.3, 0.4) is 0 Å². The summed E-state index contributed by atoms with van der Waals surface area (Å²) in [6.45, 7) is 0. The number of alkyl halides is 1. The van der Waals surface area contributed by atoms with Gasteiger partial charge in [0.2, 0.25) is 0 Å². The third-order valence-corrected chi connectivity index (χ3v) is 3.24. The predicted octanol–water partition coefficient (Wildman–Crippen LogP) is 4.00. The first-order valence-corrected chi connectivity index (χ1v) is 6.61. The van der Waals surface area contributed by atoms with Crippen molar-refractivity contribution >= 4 is 23.4 Å². The zero-order chi connectivity index (χ0) is 15.4. The van der Waals surface area contributed by atoms with Gasteiger partial charge in [-0.2, -0.15) is 0 Å². The molecular weight excluding hydrogens is 295 g/mol. The van der Waals surface area contributed by atoms with E-state index in [-0.39, 0.29) is 5.56 Å². The molecule has 0 saturated carbocycles. The Kier molecular flexibility index (Phi) is 4.70. The van der Waals surface area contributed by atoms with Gasteiger partial charge in [0.15, 0.2) is 12.0 Å². The second kappa shape index (κ2) is 6.50. The fourth-order valence-electron chi connectivity index (χ4n) is 1.90. The van der Waals surface area contributed by atoms with Gasteiger partial charge >= 0.3 is 5.97 Å². The maximum absolute atomic E-state index is 13.5. The molecule has 108 valence electrons. The molecule has 5 heteroatoms. The number of hydrogen-bond acceptors (Lipinski definition) is 2. The highest BCUT2D eigenvalue weighted by atomic mass is 35.5. The summed E-state index contributed by atoms with van der Waals surface area (Å²) in [5.41, 5.74) is 1.93. The van der Waals surface area contributed by atoms with Crippen LogP contribution < -0.4 is 0 Å². The van der Waals surface area contributed by atoms with Gasteiger partial charge in [-0.15, -0.1) is 0 Å². The zero-order valence-electron chi connectivity index (χ0n) is 10.9. The van der Waals surface area contributed by atoms with Crippen molar-refractivity contribution in [3.8, 4) is 11.1 Å². The van der Waals surface area contributed by atoms with Gasteiger partial charge < -0.3 is 5.11 Å². The highest BCUT2D eigenvalue weighted by Gasteiger charge is 2.22. The molecule has 0 heterocycles. The van der Waals surface area contributed by atoms with Crippen molar-refractivity contribution < 1.29 is 19.1 Å². The van der Waals surface area contributed by atoms with E-state index in [0.717, 1.165) is 11.1 Å². The van der Waals surface area contributed by atoms with Crippen LogP contribution in [0.15, 0.2) is 48.5 Å². The fourth-order valence-corrected chi connectivity index (χ4v) is 2.02. The lowest BCUT2D eigenvalue weighted by Crippen LogP contribution is -2.19. The van der Waals surface area contributed by atoms with Gasteiger partial charge in [-0.25, -0.2) is 4.39 Å². The molecule has 0 spiro atoms. The summed E-state index contributed by atoms with van der Waals surface area (Å²) in [5.74, 6) is -2.16. The third kappa shape index (κ3) is 3.89. The van der Waals surface area contributed by atoms with Crippen molar-refractivity contribution in [2.45, 2.75) is 12.6 Å². The molecule has 2 rings (SSSR count). The summed E-state index contributed by atoms with van der Waals surface area (Å²) in [4.78, 5) is 22.1. The summed E-state index contributed by atoms with van der Waals surface area (Å²) in [5, 5.41) is 9.12. The SMILES string of the molecule is O=C(O)CC(F)C(=O)c1ccc(-c2ccc(Cl)cc2)cc1. The Bertz CT molecular complexity index is 650. The van der Waals surface area contributed by atoms with E-state index in [0.29, 0.717) is 5.02 Å². The van der Waals surface area contributed by atoms with Crippen LogP contribution in [0.4, 0.5) is 4.39 Å². The number of benzene rings is 2. The van der Waals surface area contributed by atoms with E-state index in [1.165, 1.54) is 12.1 Å². The molecule has 0 aromatic heterocycles. The molecule has 0 aliphatic carbocycles. The molecule has 0 fully saturated rings. The van der Waals surface area contributed by atoms with E-state index < -0.39 is 24.3 Å². The average molecular weight is 307 g/mol. The van der Waals surface area contributed by atoms with Crippen LogP contribution in [0.1, 0.15) is 16.8 Å². The van der Waals surface area contributed by atoms with Crippen molar-refractivity contribution in [1.29, 1.82) is 0 Å². The van der Waals surface area contributed by atoms with E-state index >= 15 is 0 Å². The van der Waals surface area contributed by atoms with E-state index in [1.807, 2.05) is 12.1 Å². The first-order chi connectivity index (χ1) is 9.97. The van der Waals surface area contributed by atoms with Crippen molar-refractivity contribution in [3.05, 3.63) is 59.1 Å². The molecule has 21 heavy (non-hydrogen) atoms. The van der Waals surface area contributed by atoms with Crippen molar-refractivity contribution in [2.75, 3.05) is 0 Å². The van der Waals surface area contributed by atoms with E-state index in [2.05, 4.69) is 0 Å². The van der Waals surface area contributed by atoms with Gasteiger partial charge in [0.25, 0.3) is 0 Å². The van der Waals surface area contributed by atoms with Gasteiger partial charge in [0.1, 0.15) is 0 Å². The molecule has 0 aliphatic heterocycles. The summed E-state index contributed by atoms with van der Waals surface area (Å²) >= 11 is 5.81. The maximum Gasteiger partial charge on any atom is 0.306 e. The van der Waals surface area contributed by atoms with Gasteiger partial charge in [0, 0.05) is 10.6 Å². The number of carboxylic acids is 1. The smallest absolute Gasteiger partial charge is 0.306 e. The molecule has 1 N–H and O–H groups in total.